The van der Waals surface area contributed by atoms with Crippen LogP contribution in [-0.2, 0) is 0 Å². The molecule has 1 saturated carbocycles. The molecular weight excluding hydrogens is 306 g/mol. The van der Waals surface area contributed by atoms with Crippen LogP contribution < -0.4 is 5.32 Å². The number of halogens is 1. The predicted molar refractivity (Wildman–Crippen MR) is 85.1 cm³/mol. The average Bonchev–Trinajstić information content (AvgIpc) is 2.97. The standard InChI is InChI=1S/C15H16ClN3OS/c16-12-8-6-10(7-9-12)13(20)17-15-19-18-14(21-15)11-4-2-1-3-5-11/h6-9,11H,1-5H2,(H,17,19,20). The summed E-state index contributed by atoms with van der Waals surface area (Å²) in [5.74, 6) is 0.329. The Morgan fingerprint density at radius 1 is 1.14 bits per heavy atom. The van der Waals surface area contributed by atoms with Gasteiger partial charge in [-0.2, -0.15) is 0 Å². The SMILES string of the molecule is O=C(Nc1nnc(C2CCCCC2)s1)c1ccc(Cl)cc1. The first-order valence-electron chi connectivity index (χ1n) is 7.13. The van der Waals surface area contributed by atoms with Gasteiger partial charge >= 0.3 is 0 Å². The summed E-state index contributed by atoms with van der Waals surface area (Å²) in [6, 6.07) is 6.79. The van der Waals surface area contributed by atoms with Crippen molar-refractivity contribution in [2.45, 2.75) is 38.0 Å². The number of nitrogens with one attached hydrogen (secondary N) is 1. The number of carbonyl (C=O) groups is 1. The quantitative estimate of drug-likeness (QED) is 0.906. The molecule has 4 nitrogen and oxygen atoms in total. The average molecular weight is 322 g/mol. The van der Waals surface area contributed by atoms with Gasteiger partial charge in [0, 0.05) is 16.5 Å². The van der Waals surface area contributed by atoms with E-state index in [4.69, 9.17) is 11.6 Å². The molecule has 1 N–H and O–H groups in total. The highest BCUT2D eigenvalue weighted by atomic mass is 35.5. The largest absolute Gasteiger partial charge is 0.296 e. The van der Waals surface area contributed by atoms with E-state index in [1.165, 1.54) is 43.4 Å². The van der Waals surface area contributed by atoms with Gasteiger partial charge in [0.15, 0.2) is 0 Å². The Kier molecular flexibility index (Phi) is 4.51. The maximum Gasteiger partial charge on any atom is 0.257 e. The van der Waals surface area contributed by atoms with Gasteiger partial charge < -0.3 is 0 Å². The van der Waals surface area contributed by atoms with Gasteiger partial charge in [-0.15, -0.1) is 10.2 Å². The minimum atomic E-state index is -0.182. The normalized spacial score (nSPS) is 15.9. The summed E-state index contributed by atoms with van der Waals surface area (Å²) in [5.41, 5.74) is 0.564. The number of aromatic nitrogens is 2. The third kappa shape index (κ3) is 3.60. The maximum absolute atomic E-state index is 12.1. The van der Waals surface area contributed by atoms with Crippen LogP contribution in [-0.4, -0.2) is 16.1 Å². The molecule has 0 atom stereocenters. The summed E-state index contributed by atoms with van der Waals surface area (Å²) in [7, 11) is 0. The molecule has 21 heavy (non-hydrogen) atoms. The fraction of sp³-hybridized carbons (Fsp3) is 0.400. The van der Waals surface area contributed by atoms with Gasteiger partial charge in [0.25, 0.3) is 5.91 Å². The molecule has 6 heteroatoms. The first-order chi connectivity index (χ1) is 10.2. The van der Waals surface area contributed by atoms with E-state index >= 15 is 0 Å². The Bertz CT molecular complexity index is 620. The van der Waals surface area contributed by atoms with E-state index in [0.29, 0.717) is 21.6 Å². The van der Waals surface area contributed by atoms with Crippen molar-refractivity contribution in [2.24, 2.45) is 0 Å². The molecule has 1 aromatic heterocycles. The van der Waals surface area contributed by atoms with Gasteiger partial charge in [-0.05, 0) is 37.1 Å². The monoisotopic (exact) mass is 321 g/mol. The molecule has 1 aromatic carbocycles. The lowest BCUT2D eigenvalue weighted by Crippen LogP contribution is -2.11. The molecule has 1 aliphatic rings. The number of benzene rings is 1. The van der Waals surface area contributed by atoms with Gasteiger partial charge in [-0.3, -0.25) is 10.1 Å². The minimum absolute atomic E-state index is 0.182. The van der Waals surface area contributed by atoms with Crippen molar-refractivity contribution in [1.82, 2.24) is 10.2 Å². The summed E-state index contributed by atoms with van der Waals surface area (Å²) in [6.45, 7) is 0. The first-order valence-corrected chi connectivity index (χ1v) is 8.32. The summed E-state index contributed by atoms with van der Waals surface area (Å²) in [6.07, 6.45) is 6.20. The van der Waals surface area contributed by atoms with Crippen LogP contribution >= 0.6 is 22.9 Å². The minimum Gasteiger partial charge on any atom is -0.296 e. The smallest absolute Gasteiger partial charge is 0.257 e. The van der Waals surface area contributed by atoms with Gasteiger partial charge in [0.2, 0.25) is 5.13 Å². The number of anilines is 1. The van der Waals surface area contributed by atoms with Crippen molar-refractivity contribution in [1.29, 1.82) is 0 Å². The summed E-state index contributed by atoms with van der Waals surface area (Å²) < 4.78 is 0. The zero-order valence-electron chi connectivity index (χ0n) is 11.5. The Morgan fingerprint density at radius 3 is 2.57 bits per heavy atom. The zero-order valence-corrected chi connectivity index (χ0v) is 13.1. The van der Waals surface area contributed by atoms with E-state index in [2.05, 4.69) is 15.5 Å². The molecule has 3 rings (SSSR count). The van der Waals surface area contributed by atoms with E-state index in [1.54, 1.807) is 24.3 Å². The van der Waals surface area contributed by atoms with Crippen LogP contribution in [0.5, 0.6) is 0 Å². The van der Waals surface area contributed by atoms with Gasteiger partial charge in [0.05, 0.1) is 0 Å². The highest BCUT2D eigenvalue weighted by molar-refractivity contribution is 7.15. The molecule has 1 fully saturated rings. The van der Waals surface area contributed by atoms with E-state index in [9.17, 15) is 4.79 Å². The highest BCUT2D eigenvalue weighted by Gasteiger charge is 2.20. The van der Waals surface area contributed by atoms with Crippen molar-refractivity contribution in [3.8, 4) is 0 Å². The molecule has 1 heterocycles. The Labute approximate surface area is 132 Å². The Balaban J connectivity index is 1.66. The maximum atomic E-state index is 12.1. The predicted octanol–water partition coefficient (Wildman–Crippen LogP) is 4.49. The van der Waals surface area contributed by atoms with Crippen LogP contribution in [0.15, 0.2) is 24.3 Å². The van der Waals surface area contributed by atoms with E-state index in [1.807, 2.05) is 0 Å². The van der Waals surface area contributed by atoms with Crippen molar-refractivity contribution in [2.75, 3.05) is 5.32 Å². The van der Waals surface area contributed by atoms with Gasteiger partial charge in [0.1, 0.15) is 5.01 Å². The molecule has 0 bridgehead atoms. The molecule has 0 unspecified atom stereocenters. The lowest BCUT2D eigenvalue weighted by atomic mass is 9.90. The van der Waals surface area contributed by atoms with E-state index < -0.39 is 0 Å². The van der Waals surface area contributed by atoms with Crippen molar-refractivity contribution in [3.63, 3.8) is 0 Å². The third-order valence-electron chi connectivity index (χ3n) is 3.72. The zero-order chi connectivity index (χ0) is 14.7. The second-order valence-corrected chi connectivity index (χ2v) is 6.69. The fourth-order valence-electron chi connectivity index (χ4n) is 2.57. The Morgan fingerprint density at radius 2 is 1.86 bits per heavy atom. The van der Waals surface area contributed by atoms with Crippen molar-refractivity contribution in [3.05, 3.63) is 39.9 Å². The number of rotatable bonds is 3. The topological polar surface area (TPSA) is 54.9 Å². The summed E-state index contributed by atoms with van der Waals surface area (Å²) >= 11 is 7.30. The first kappa shape index (κ1) is 14.5. The van der Waals surface area contributed by atoms with Crippen molar-refractivity contribution < 1.29 is 4.79 Å². The molecule has 1 aliphatic carbocycles. The van der Waals surface area contributed by atoms with Gasteiger partial charge in [-0.25, -0.2) is 0 Å². The van der Waals surface area contributed by atoms with Crippen LogP contribution in [0.25, 0.3) is 0 Å². The number of nitrogens with zero attached hydrogens (tertiary/aromatic N) is 2. The lowest BCUT2D eigenvalue weighted by molar-refractivity contribution is 0.102. The molecular formula is C15H16ClN3OS. The lowest BCUT2D eigenvalue weighted by Gasteiger charge is -2.18. The molecule has 1 amide bonds. The van der Waals surface area contributed by atoms with E-state index in [-0.39, 0.29) is 5.91 Å². The molecule has 0 spiro atoms. The number of carbonyl (C=O) groups excluding carboxylic acids is 1. The second kappa shape index (κ2) is 6.54. The molecule has 0 radical (unpaired) electrons. The molecule has 0 aliphatic heterocycles. The molecule has 110 valence electrons. The second-order valence-electron chi connectivity index (χ2n) is 5.24. The van der Waals surface area contributed by atoms with Gasteiger partial charge in [-0.1, -0.05) is 42.2 Å². The van der Waals surface area contributed by atoms with Crippen LogP contribution in [0.1, 0.15) is 53.4 Å². The summed E-state index contributed by atoms with van der Waals surface area (Å²) in [4.78, 5) is 12.1. The van der Waals surface area contributed by atoms with Crippen LogP contribution in [0.4, 0.5) is 5.13 Å². The highest BCUT2D eigenvalue weighted by Crippen LogP contribution is 2.35. The summed E-state index contributed by atoms with van der Waals surface area (Å²) in [5, 5.41) is 13.3. The number of hydrogen-bond donors (Lipinski definition) is 1. The fourth-order valence-corrected chi connectivity index (χ4v) is 3.60. The van der Waals surface area contributed by atoms with Crippen LogP contribution in [0.3, 0.4) is 0 Å². The number of amides is 1. The van der Waals surface area contributed by atoms with Crippen LogP contribution in [0, 0.1) is 0 Å². The molecule has 2 aromatic rings. The van der Waals surface area contributed by atoms with E-state index in [0.717, 1.165) is 5.01 Å². The number of hydrogen-bond acceptors (Lipinski definition) is 4. The molecule has 0 saturated heterocycles. The Hall–Kier alpha value is -1.46. The van der Waals surface area contributed by atoms with Crippen molar-refractivity contribution >= 4 is 34.0 Å². The van der Waals surface area contributed by atoms with Crippen LogP contribution in [0.2, 0.25) is 5.02 Å². The third-order valence-corrected chi connectivity index (χ3v) is 4.98.